The van der Waals surface area contributed by atoms with Crippen LogP contribution < -0.4 is 5.32 Å². The first-order valence-electron chi connectivity index (χ1n) is 6.11. The number of morpholine rings is 1. The number of anilines is 1. The number of rotatable bonds is 4. The number of likely N-dealkylation sites (N-methyl/N-ethyl adjacent to an activating group) is 1. The molecule has 0 radical (unpaired) electrons. The summed E-state index contributed by atoms with van der Waals surface area (Å²) >= 11 is 0. The molecule has 1 aromatic carbocycles. The van der Waals surface area contributed by atoms with E-state index in [1.165, 1.54) is 12.1 Å². The van der Waals surface area contributed by atoms with Crippen LogP contribution in [0.15, 0.2) is 24.3 Å². The molecular weight excluding hydrogens is 219 g/mol. The minimum atomic E-state index is -0.207. The summed E-state index contributed by atoms with van der Waals surface area (Å²) in [6.07, 6.45) is 0.216. The Morgan fingerprint density at radius 1 is 1.41 bits per heavy atom. The van der Waals surface area contributed by atoms with Gasteiger partial charge in [-0.2, -0.15) is 0 Å². The Labute approximate surface area is 102 Å². The molecule has 0 spiro atoms. The molecule has 1 aliphatic rings. The highest BCUT2D eigenvalue weighted by Gasteiger charge is 2.18. The third-order valence-corrected chi connectivity index (χ3v) is 3.05. The lowest BCUT2D eigenvalue weighted by Gasteiger charge is -2.32. The van der Waals surface area contributed by atoms with Crippen LogP contribution in [0.5, 0.6) is 0 Å². The molecule has 17 heavy (non-hydrogen) atoms. The maximum atomic E-state index is 12.7. The Morgan fingerprint density at radius 2 is 2.18 bits per heavy atom. The van der Waals surface area contributed by atoms with Gasteiger partial charge in [0.05, 0.1) is 12.7 Å². The van der Waals surface area contributed by atoms with E-state index in [1.807, 2.05) is 0 Å². The Bertz CT molecular complexity index is 342. The van der Waals surface area contributed by atoms with E-state index in [9.17, 15) is 4.39 Å². The molecule has 0 aliphatic carbocycles. The van der Waals surface area contributed by atoms with Crippen LogP contribution >= 0.6 is 0 Å². The topological polar surface area (TPSA) is 24.5 Å². The van der Waals surface area contributed by atoms with Gasteiger partial charge in [-0.15, -0.1) is 0 Å². The number of ether oxygens (including phenoxy) is 1. The van der Waals surface area contributed by atoms with Gasteiger partial charge in [0.2, 0.25) is 0 Å². The molecule has 0 saturated carbocycles. The quantitative estimate of drug-likeness (QED) is 0.867. The van der Waals surface area contributed by atoms with Crippen molar-refractivity contribution in [1.29, 1.82) is 0 Å². The molecule has 1 saturated heterocycles. The van der Waals surface area contributed by atoms with Gasteiger partial charge >= 0.3 is 0 Å². The fraction of sp³-hybridized carbons (Fsp3) is 0.538. The fourth-order valence-electron chi connectivity index (χ4n) is 1.99. The van der Waals surface area contributed by atoms with Crippen LogP contribution in [0.2, 0.25) is 0 Å². The summed E-state index contributed by atoms with van der Waals surface area (Å²) in [5.41, 5.74) is 0.934. The van der Waals surface area contributed by atoms with Gasteiger partial charge in [-0.25, -0.2) is 4.39 Å². The van der Waals surface area contributed by atoms with Gasteiger partial charge in [0.15, 0.2) is 0 Å². The SMILES string of the molecule is CCN1CCOC(CNc2ccc(F)cc2)C1. The van der Waals surface area contributed by atoms with Crippen LogP contribution in [-0.4, -0.2) is 43.8 Å². The Morgan fingerprint density at radius 3 is 2.88 bits per heavy atom. The summed E-state index contributed by atoms with van der Waals surface area (Å²) in [5.74, 6) is -0.207. The van der Waals surface area contributed by atoms with Crippen LogP contribution in [0.3, 0.4) is 0 Å². The molecule has 3 nitrogen and oxygen atoms in total. The number of nitrogens with one attached hydrogen (secondary N) is 1. The van der Waals surface area contributed by atoms with Gasteiger partial charge in [0.25, 0.3) is 0 Å². The molecule has 1 fully saturated rings. The van der Waals surface area contributed by atoms with Crippen molar-refractivity contribution < 1.29 is 9.13 Å². The highest BCUT2D eigenvalue weighted by atomic mass is 19.1. The third kappa shape index (κ3) is 3.68. The van der Waals surface area contributed by atoms with E-state index >= 15 is 0 Å². The van der Waals surface area contributed by atoms with Crippen LogP contribution in [0.25, 0.3) is 0 Å². The molecule has 0 bridgehead atoms. The first-order valence-corrected chi connectivity index (χ1v) is 6.11. The summed E-state index contributed by atoms with van der Waals surface area (Å²) in [7, 11) is 0. The third-order valence-electron chi connectivity index (χ3n) is 3.05. The second-order valence-electron chi connectivity index (χ2n) is 4.27. The minimum absolute atomic E-state index is 0.207. The first-order chi connectivity index (χ1) is 8.28. The lowest BCUT2D eigenvalue weighted by Crippen LogP contribution is -2.45. The summed E-state index contributed by atoms with van der Waals surface area (Å²) in [5, 5.41) is 3.27. The lowest BCUT2D eigenvalue weighted by molar-refractivity contribution is -0.0191. The predicted molar refractivity (Wildman–Crippen MR) is 66.7 cm³/mol. The normalized spacial score (nSPS) is 21.4. The molecule has 4 heteroatoms. The van der Waals surface area contributed by atoms with E-state index in [1.54, 1.807) is 12.1 Å². The van der Waals surface area contributed by atoms with Gasteiger partial charge in [0.1, 0.15) is 5.82 Å². The van der Waals surface area contributed by atoms with Crippen molar-refractivity contribution in [3.05, 3.63) is 30.1 Å². The maximum absolute atomic E-state index is 12.7. The smallest absolute Gasteiger partial charge is 0.123 e. The number of hydrogen-bond acceptors (Lipinski definition) is 3. The zero-order valence-corrected chi connectivity index (χ0v) is 10.2. The van der Waals surface area contributed by atoms with E-state index in [-0.39, 0.29) is 11.9 Å². The molecular formula is C13H19FN2O. The molecule has 1 heterocycles. The van der Waals surface area contributed by atoms with Crippen molar-refractivity contribution in [2.45, 2.75) is 13.0 Å². The summed E-state index contributed by atoms with van der Waals surface area (Å²) in [4.78, 5) is 2.38. The van der Waals surface area contributed by atoms with Crippen LogP contribution in [0.4, 0.5) is 10.1 Å². The second-order valence-corrected chi connectivity index (χ2v) is 4.27. The number of nitrogens with zero attached hydrogens (tertiary/aromatic N) is 1. The maximum Gasteiger partial charge on any atom is 0.123 e. The fourth-order valence-corrected chi connectivity index (χ4v) is 1.99. The summed E-state index contributed by atoms with van der Waals surface area (Å²) < 4.78 is 18.4. The van der Waals surface area contributed by atoms with E-state index in [0.717, 1.165) is 38.5 Å². The van der Waals surface area contributed by atoms with Crippen molar-refractivity contribution in [2.75, 3.05) is 38.1 Å². The Hall–Kier alpha value is -1.13. The molecule has 0 aromatic heterocycles. The van der Waals surface area contributed by atoms with Crippen molar-refractivity contribution in [3.63, 3.8) is 0 Å². The van der Waals surface area contributed by atoms with Crippen molar-refractivity contribution in [3.8, 4) is 0 Å². The molecule has 94 valence electrons. The minimum Gasteiger partial charge on any atom is -0.382 e. The van der Waals surface area contributed by atoms with Gasteiger partial charge in [-0.1, -0.05) is 6.92 Å². The van der Waals surface area contributed by atoms with Gasteiger partial charge in [-0.3, -0.25) is 4.90 Å². The van der Waals surface area contributed by atoms with Crippen molar-refractivity contribution >= 4 is 5.69 Å². The van der Waals surface area contributed by atoms with Gasteiger partial charge in [0, 0.05) is 25.3 Å². The van der Waals surface area contributed by atoms with Gasteiger partial charge in [-0.05, 0) is 30.8 Å². The highest BCUT2D eigenvalue weighted by molar-refractivity contribution is 5.42. The lowest BCUT2D eigenvalue weighted by atomic mass is 10.2. The van der Waals surface area contributed by atoms with E-state index in [2.05, 4.69) is 17.1 Å². The second kappa shape index (κ2) is 5.98. The zero-order chi connectivity index (χ0) is 12.1. The first kappa shape index (κ1) is 12.3. The molecule has 1 atom stereocenters. The van der Waals surface area contributed by atoms with E-state index < -0.39 is 0 Å². The Kier molecular flexibility index (Phi) is 4.34. The van der Waals surface area contributed by atoms with E-state index in [0.29, 0.717) is 0 Å². The Balaban J connectivity index is 1.79. The van der Waals surface area contributed by atoms with E-state index in [4.69, 9.17) is 4.74 Å². The molecule has 0 amide bonds. The largest absolute Gasteiger partial charge is 0.382 e. The molecule has 1 aliphatic heterocycles. The van der Waals surface area contributed by atoms with Crippen LogP contribution in [-0.2, 0) is 4.74 Å². The van der Waals surface area contributed by atoms with Crippen LogP contribution in [0.1, 0.15) is 6.92 Å². The number of benzene rings is 1. The molecule has 1 aromatic rings. The molecule has 1 N–H and O–H groups in total. The van der Waals surface area contributed by atoms with Gasteiger partial charge < -0.3 is 10.1 Å². The van der Waals surface area contributed by atoms with Crippen molar-refractivity contribution in [2.24, 2.45) is 0 Å². The summed E-state index contributed by atoms with van der Waals surface area (Å²) in [6.45, 7) is 6.77. The monoisotopic (exact) mass is 238 g/mol. The number of hydrogen-bond donors (Lipinski definition) is 1. The number of halogens is 1. The van der Waals surface area contributed by atoms with Crippen molar-refractivity contribution in [1.82, 2.24) is 4.90 Å². The van der Waals surface area contributed by atoms with Crippen LogP contribution in [0, 0.1) is 5.82 Å². The average Bonchev–Trinajstić information content (AvgIpc) is 2.38. The molecule has 1 unspecified atom stereocenters. The molecule has 2 rings (SSSR count). The predicted octanol–water partition coefficient (Wildman–Crippen LogP) is 1.96. The highest BCUT2D eigenvalue weighted by Crippen LogP contribution is 2.10. The summed E-state index contributed by atoms with van der Waals surface area (Å²) in [6, 6.07) is 6.41. The zero-order valence-electron chi connectivity index (χ0n) is 10.2. The average molecular weight is 238 g/mol. The standard InChI is InChI=1S/C13H19FN2O/c1-2-16-7-8-17-13(10-16)9-15-12-5-3-11(14)4-6-12/h3-6,13,15H,2,7-10H2,1H3.